The van der Waals surface area contributed by atoms with Crippen LogP contribution in [0.25, 0.3) is 0 Å². The molecular weight excluding hydrogens is 276 g/mol. The third-order valence-corrected chi connectivity index (χ3v) is 4.18. The highest BCUT2D eigenvalue weighted by molar-refractivity contribution is 7.10. The van der Waals surface area contributed by atoms with E-state index in [2.05, 4.69) is 10.5 Å². The number of ether oxygens (including phenoxy) is 1. The Morgan fingerprint density at radius 3 is 2.90 bits per heavy atom. The Bertz CT molecular complexity index is 543. The predicted molar refractivity (Wildman–Crippen MR) is 76.5 cm³/mol. The lowest BCUT2D eigenvalue weighted by molar-refractivity contribution is -0.141. The van der Waals surface area contributed by atoms with Crippen molar-refractivity contribution in [2.75, 3.05) is 7.11 Å². The minimum atomic E-state index is -0.227. The number of carbonyl (C=O) groups excluding carboxylic acids is 1. The van der Waals surface area contributed by atoms with Crippen molar-refractivity contribution in [3.8, 4) is 0 Å². The SMILES string of the molecule is COC(=O)CC(NCc1c(C)noc1C)c1cccs1. The highest BCUT2D eigenvalue weighted by Crippen LogP contribution is 2.23. The number of esters is 1. The van der Waals surface area contributed by atoms with Gasteiger partial charge >= 0.3 is 5.97 Å². The van der Waals surface area contributed by atoms with Crippen molar-refractivity contribution in [2.24, 2.45) is 0 Å². The van der Waals surface area contributed by atoms with Crippen molar-refractivity contribution in [3.63, 3.8) is 0 Å². The number of hydrogen-bond donors (Lipinski definition) is 1. The molecule has 0 radical (unpaired) electrons. The van der Waals surface area contributed by atoms with E-state index >= 15 is 0 Å². The summed E-state index contributed by atoms with van der Waals surface area (Å²) >= 11 is 1.62. The molecule has 0 spiro atoms. The Hall–Kier alpha value is -1.66. The monoisotopic (exact) mass is 294 g/mol. The molecule has 0 aliphatic carbocycles. The molecule has 108 valence electrons. The second-order valence-corrected chi connectivity index (χ2v) is 5.51. The first-order chi connectivity index (χ1) is 9.61. The van der Waals surface area contributed by atoms with Crippen LogP contribution < -0.4 is 5.32 Å². The third-order valence-electron chi connectivity index (χ3n) is 3.19. The molecule has 0 bridgehead atoms. The van der Waals surface area contributed by atoms with Crippen LogP contribution in [0, 0.1) is 13.8 Å². The topological polar surface area (TPSA) is 64.4 Å². The summed E-state index contributed by atoms with van der Waals surface area (Å²) in [4.78, 5) is 12.6. The van der Waals surface area contributed by atoms with Gasteiger partial charge in [-0.15, -0.1) is 11.3 Å². The van der Waals surface area contributed by atoms with Crippen LogP contribution in [-0.4, -0.2) is 18.2 Å². The number of carbonyl (C=O) groups is 1. The van der Waals surface area contributed by atoms with Gasteiger partial charge in [-0.25, -0.2) is 0 Å². The molecule has 0 aliphatic rings. The van der Waals surface area contributed by atoms with Crippen molar-refractivity contribution >= 4 is 17.3 Å². The molecule has 2 aromatic rings. The van der Waals surface area contributed by atoms with Crippen LogP contribution in [-0.2, 0) is 16.1 Å². The third kappa shape index (κ3) is 3.46. The maximum absolute atomic E-state index is 11.5. The Balaban J connectivity index is 2.06. The van der Waals surface area contributed by atoms with E-state index in [1.165, 1.54) is 7.11 Å². The van der Waals surface area contributed by atoms with E-state index < -0.39 is 0 Å². The van der Waals surface area contributed by atoms with E-state index in [1.54, 1.807) is 11.3 Å². The lowest BCUT2D eigenvalue weighted by Gasteiger charge is -2.16. The summed E-state index contributed by atoms with van der Waals surface area (Å²) in [5.41, 5.74) is 1.91. The quantitative estimate of drug-likeness (QED) is 0.830. The molecule has 0 saturated heterocycles. The summed E-state index contributed by atoms with van der Waals surface area (Å²) in [6, 6.07) is 3.93. The molecule has 0 aromatic carbocycles. The van der Waals surface area contributed by atoms with Crippen molar-refractivity contribution in [3.05, 3.63) is 39.4 Å². The molecule has 2 heterocycles. The average molecular weight is 294 g/mol. The van der Waals surface area contributed by atoms with Crippen LogP contribution in [0.1, 0.15) is 34.4 Å². The zero-order chi connectivity index (χ0) is 14.5. The molecule has 0 saturated carbocycles. The minimum absolute atomic E-state index is 0.0591. The van der Waals surface area contributed by atoms with Crippen molar-refractivity contribution < 1.29 is 14.1 Å². The molecule has 2 aromatic heterocycles. The number of nitrogens with zero attached hydrogens (tertiary/aromatic N) is 1. The lowest BCUT2D eigenvalue weighted by Crippen LogP contribution is -2.23. The summed E-state index contributed by atoms with van der Waals surface area (Å²) in [5.74, 6) is 0.577. The van der Waals surface area contributed by atoms with Crippen molar-refractivity contribution in [2.45, 2.75) is 32.9 Å². The van der Waals surface area contributed by atoms with E-state index in [9.17, 15) is 4.79 Å². The number of aryl methyl sites for hydroxylation is 2. The standard InChI is InChI=1S/C14H18N2O3S/c1-9-11(10(2)19-16-9)8-15-12(7-14(17)18-3)13-5-4-6-20-13/h4-6,12,15H,7-8H2,1-3H3. The van der Waals surface area contributed by atoms with Gasteiger partial charge in [0.25, 0.3) is 0 Å². The van der Waals surface area contributed by atoms with Gasteiger partial charge in [0.05, 0.1) is 25.3 Å². The summed E-state index contributed by atoms with van der Waals surface area (Å²) < 4.78 is 9.90. The first-order valence-electron chi connectivity index (χ1n) is 6.37. The molecule has 0 fully saturated rings. The van der Waals surface area contributed by atoms with Gasteiger partial charge in [-0.3, -0.25) is 4.79 Å². The Morgan fingerprint density at radius 2 is 2.35 bits per heavy atom. The number of thiophene rings is 1. The van der Waals surface area contributed by atoms with Gasteiger partial charge in [0.2, 0.25) is 0 Å². The van der Waals surface area contributed by atoms with Crippen molar-refractivity contribution in [1.82, 2.24) is 10.5 Å². The van der Waals surface area contributed by atoms with Crippen LogP contribution in [0.3, 0.4) is 0 Å². The summed E-state index contributed by atoms with van der Waals surface area (Å²) in [6.07, 6.45) is 0.306. The minimum Gasteiger partial charge on any atom is -0.469 e. The highest BCUT2D eigenvalue weighted by atomic mass is 32.1. The van der Waals surface area contributed by atoms with Crippen LogP contribution in [0.15, 0.2) is 22.0 Å². The maximum Gasteiger partial charge on any atom is 0.307 e. The van der Waals surface area contributed by atoms with E-state index in [-0.39, 0.29) is 12.0 Å². The van der Waals surface area contributed by atoms with E-state index in [0.717, 1.165) is 21.9 Å². The molecule has 0 amide bonds. The molecule has 2 rings (SSSR count). The fourth-order valence-electron chi connectivity index (χ4n) is 1.99. The second kappa shape index (κ2) is 6.67. The molecule has 1 N–H and O–H groups in total. The number of aromatic nitrogens is 1. The number of hydrogen-bond acceptors (Lipinski definition) is 6. The molecule has 1 unspecified atom stereocenters. The van der Waals surface area contributed by atoms with Crippen LogP contribution >= 0.6 is 11.3 Å². The fraction of sp³-hybridized carbons (Fsp3) is 0.429. The number of methoxy groups -OCH3 is 1. The Morgan fingerprint density at radius 1 is 1.55 bits per heavy atom. The molecule has 0 aliphatic heterocycles. The molecular formula is C14H18N2O3S. The lowest BCUT2D eigenvalue weighted by atomic mass is 10.1. The second-order valence-electron chi connectivity index (χ2n) is 4.53. The van der Waals surface area contributed by atoms with Crippen LogP contribution in [0.4, 0.5) is 0 Å². The molecule has 20 heavy (non-hydrogen) atoms. The average Bonchev–Trinajstić information content (AvgIpc) is 3.06. The first-order valence-corrected chi connectivity index (χ1v) is 7.25. The van der Waals surface area contributed by atoms with E-state index in [4.69, 9.17) is 9.26 Å². The van der Waals surface area contributed by atoms with Crippen molar-refractivity contribution in [1.29, 1.82) is 0 Å². The summed E-state index contributed by atoms with van der Waals surface area (Å²) in [5, 5.41) is 9.31. The van der Waals surface area contributed by atoms with E-state index in [1.807, 2.05) is 31.4 Å². The van der Waals surface area contributed by atoms with Crippen LogP contribution in [0.5, 0.6) is 0 Å². The Labute approximate surface area is 121 Å². The predicted octanol–water partition coefficient (Wildman–Crippen LogP) is 2.75. The molecule has 5 nitrogen and oxygen atoms in total. The van der Waals surface area contributed by atoms with E-state index in [0.29, 0.717) is 13.0 Å². The smallest absolute Gasteiger partial charge is 0.307 e. The maximum atomic E-state index is 11.5. The van der Waals surface area contributed by atoms with Crippen LogP contribution in [0.2, 0.25) is 0 Å². The normalized spacial score (nSPS) is 12.3. The zero-order valence-electron chi connectivity index (χ0n) is 11.8. The fourth-order valence-corrected chi connectivity index (χ4v) is 2.79. The van der Waals surface area contributed by atoms with Gasteiger partial charge in [-0.1, -0.05) is 11.2 Å². The molecule has 1 atom stereocenters. The van der Waals surface area contributed by atoms with Gasteiger partial charge in [0.1, 0.15) is 5.76 Å². The summed E-state index contributed by atoms with van der Waals surface area (Å²) in [7, 11) is 1.40. The largest absolute Gasteiger partial charge is 0.469 e. The zero-order valence-corrected chi connectivity index (χ0v) is 12.6. The van der Waals surface area contributed by atoms with Gasteiger partial charge in [0, 0.05) is 17.0 Å². The molecule has 6 heteroatoms. The highest BCUT2D eigenvalue weighted by Gasteiger charge is 2.18. The number of rotatable bonds is 6. The van der Waals surface area contributed by atoms with Gasteiger partial charge < -0.3 is 14.6 Å². The summed E-state index contributed by atoms with van der Waals surface area (Å²) in [6.45, 7) is 4.41. The van der Waals surface area contributed by atoms with Gasteiger partial charge in [0.15, 0.2) is 0 Å². The Kier molecular flexibility index (Phi) is 4.92. The van der Waals surface area contributed by atoms with Gasteiger partial charge in [-0.2, -0.15) is 0 Å². The number of nitrogens with one attached hydrogen (secondary N) is 1. The van der Waals surface area contributed by atoms with Gasteiger partial charge in [-0.05, 0) is 25.3 Å². The first kappa shape index (κ1) is 14.7.